The molecule has 0 fully saturated rings. The van der Waals surface area contributed by atoms with Crippen molar-refractivity contribution in [3.63, 3.8) is 0 Å². The van der Waals surface area contributed by atoms with Gasteiger partial charge < -0.3 is 24.1 Å². The molecule has 1 aromatic rings. The molecule has 0 spiro atoms. The molecule has 2 heterocycles. The fourth-order valence-corrected chi connectivity index (χ4v) is 3.82. The fraction of sp³-hybridized carbons (Fsp3) is 0.625. The van der Waals surface area contributed by atoms with Crippen molar-refractivity contribution in [2.75, 3.05) is 13.2 Å². The van der Waals surface area contributed by atoms with Crippen LogP contribution in [0.25, 0.3) is 6.08 Å². The summed E-state index contributed by atoms with van der Waals surface area (Å²) in [5.74, 6) is -2.98. The lowest BCUT2D eigenvalue weighted by atomic mass is 9.73. The Morgan fingerprint density at radius 3 is 2.59 bits per heavy atom. The predicted molar refractivity (Wildman–Crippen MR) is 123 cm³/mol. The van der Waals surface area contributed by atoms with Crippen LogP contribution in [-0.4, -0.2) is 58.5 Å². The van der Waals surface area contributed by atoms with E-state index in [1.807, 2.05) is 0 Å². The lowest BCUT2D eigenvalue weighted by Gasteiger charge is -2.34. The molecular weight excluding hydrogens is 469 g/mol. The van der Waals surface area contributed by atoms with Crippen molar-refractivity contribution in [3.8, 4) is 0 Å². The normalized spacial score (nSPS) is 32.1. The number of hydrogen-bond acceptors (Lipinski definition) is 8. The summed E-state index contributed by atoms with van der Waals surface area (Å²) in [6.07, 6.45) is -0.586. The molecule has 190 valence electrons. The third-order valence-electron chi connectivity index (χ3n) is 6.01. The Bertz CT molecular complexity index is 926. The molecule has 0 saturated carbocycles. The number of rotatable bonds is 2. The number of esters is 1. The first-order valence-corrected chi connectivity index (χ1v) is 11.5. The molecule has 0 aromatic carbocycles. The summed E-state index contributed by atoms with van der Waals surface area (Å²) in [6.45, 7) is 8.02. The van der Waals surface area contributed by atoms with Crippen molar-refractivity contribution in [3.05, 3.63) is 34.8 Å². The summed E-state index contributed by atoms with van der Waals surface area (Å²) in [5, 5.41) is 21.5. The van der Waals surface area contributed by atoms with E-state index in [-0.39, 0.29) is 30.4 Å². The van der Waals surface area contributed by atoms with Crippen LogP contribution in [0.1, 0.15) is 52.1 Å². The van der Waals surface area contributed by atoms with Gasteiger partial charge in [0.25, 0.3) is 0 Å². The number of nitrogens with zero attached hydrogens (tertiary/aromatic N) is 1. The van der Waals surface area contributed by atoms with Crippen LogP contribution in [-0.2, 0) is 19.1 Å². The number of halogens is 2. The summed E-state index contributed by atoms with van der Waals surface area (Å²) < 4.78 is 30.9. The van der Waals surface area contributed by atoms with Crippen LogP contribution in [0.2, 0.25) is 0 Å². The molecule has 8 nitrogen and oxygen atoms in total. The number of hydrogen-bond donors (Lipinski definition) is 2. The number of cyclic esters (lactones) is 1. The Morgan fingerprint density at radius 2 is 1.97 bits per heavy atom. The molecule has 0 unspecified atom stereocenters. The first-order chi connectivity index (χ1) is 15.8. The number of aliphatic hydroxyl groups excluding tert-OH is 2. The summed E-state index contributed by atoms with van der Waals surface area (Å²) in [4.78, 5) is 29.6. The number of aryl methyl sites for hydroxylation is 1. The van der Waals surface area contributed by atoms with Gasteiger partial charge in [-0.1, -0.05) is 45.4 Å². The molecule has 2 N–H and O–H groups in total. The monoisotopic (exact) mass is 501 g/mol. The average Bonchev–Trinajstić information content (AvgIpc) is 3.18. The van der Waals surface area contributed by atoms with Crippen LogP contribution in [0.15, 0.2) is 27.6 Å². The zero-order chi connectivity index (χ0) is 25.6. The van der Waals surface area contributed by atoms with Gasteiger partial charge in [-0.05, 0) is 0 Å². The molecule has 2 rings (SSSR count). The number of carbonyl (C=O) groups is 2. The highest BCUT2D eigenvalue weighted by Gasteiger charge is 2.42. The minimum atomic E-state index is -1.41. The largest absolute Gasteiger partial charge is 0.455 e. The Morgan fingerprint density at radius 1 is 1.29 bits per heavy atom. The van der Waals surface area contributed by atoms with Crippen LogP contribution < -0.4 is 0 Å². The van der Waals surface area contributed by atoms with Gasteiger partial charge in [-0.3, -0.25) is 9.59 Å². The van der Waals surface area contributed by atoms with Crippen molar-refractivity contribution in [1.82, 2.24) is 4.98 Å². The van der Waals surface area contributed by atoms with Crippen molar-refractivity contribution in [2.24, 2.45) is 17.3 Å². The van der Waals surface area contributed by atoms with E-state index in [0.29, 0.717) is 5.89 Å². The van der Waals surface area contributed by atoms with Crippen molar-refractivity contribution in [2.45, 2.75) is 65.8 Å². The van der Waals surface area contributed by atoms with Gasteiger partial charge in [-0.2, -0.15) is 0 Å². The standard InChI is InChI=1S/C24H33ClFNO7/c1-13-10-32-11-16(25)6-7-19(18(26)8-17-12-33-15(3)27-17)34-21(29)9-20(28)24(4,5)23(31)14(2)22(13)30/h6,8,12-14,19-20,22,28,30H,7,9-11H2,1-5H3/b16-6+,18-8-/t13-,14+,19-,20-,22-/m0/s1. The van der Waals surface area contributed by atoms with Crippen LogP contribution in [0, 0.1) is 24.2 Å². The van der Waals surface area contributed by atoms with Crippen LogP contribution in [0.3, 0.4) is 0 Å². The van der Waals surface area contributed by atoms with Crippen molar-refractivity contribution in [1.29, 1.82) is 0 Å². The molecule has 1 aromatic heterocycles. The summed E-state index contributed by atoms with van der Waals surface area (Å²) in [7, 11) is 0. The molecule has 34 heavy (non-hydrogen) atoms. The van der Waals surface area contributed by atoms with Crippen LogP contribution in [0.4, 0.5) is 4.39 Å². The van der Waals surface area contributed by atoms with Gasteiger partial charge in [-0.25, -0.2) is 9.37 Å². The summed E-state index contributed by atoms with van der Waals surface area (Å²) in [5.41, 5.74) is -1.15. The van der Waals surface area contributed by atoms with Crippen molar-refractivity contribution < 1.29 is 38.1 Å². The lowest BCUT2D eigenvalue weighted by molar-refractivity contribution is -0.154. The number of ether oxygens (including phenoxy) is 2. The molecule has 5 atom stereocenters. The van der Waals surface area contributed by atoms with E-state index < -0.39 is 59.6 Å². The SMILES string of the molecule is Cc1nc(/C=C(\F)[C@@H]2C/C=C(/Cl)COC[C@H](C)[C@H](O)[C@@H](C)C(=O)C(C)(C)[C@@H](O)CC(=O)O2)co1. The van der Waals surface area contributed by atoms with E-state index >= 15 is 0 Å². The number of Topliss-reactive ketones (excluding diaryl/α,β-unsaturated/α-hetero) is 1. The molecule has 0 saturated heterocycles. The first kappa shape index (κ1) is 28.2. The number of aliphatic hydroxyl groups is 2. The quantitative estimate of drug-likeness (QED) is 0.588. The maximum Gasteiger partial charge on any atom is 0.309 e. The van der Waals surface area contributed by atoms with Gasteiger partial charge >= 0.3 is 5.97 Å². The average molecular weight is 502 g/mol. The highest BCUT2D eigenvalue weighted by atomic mass is 35.5. The first-order valence-electron chi connectivity index (χ1n) is 11.1. The second kappa shape index (κ2) is 12.1. The highest BCUT2D eigenvalue weighted by molar-refractivity contribution is 6.29. The molecule has 1 aliphatic heterocycles. The smallest absolute Gasteiger partial charge is 0.309 e. The van der Waals surface area contributed by atoms with E-state index in [0.717, 1.165) is 6.08 Å². The van der Waals surface area contributed by atoms with Crippen LogP contribution >= 0.6 is 11.6 Å². The second-order valence-corrected chi connectivity index (χ2v) is 9.75. The Balaban J connectivity index is 2.33. The molecule has 0 aliphatic carbocycles. The molecule has 0 amide bonds. The maximum absolute atomic E-state index is 15.0. The zero-order valence-electron chi connectivity index (χ0n) is 20.1. The maximum atomic E-state index is 15.0. The molecule has 0 radical (unpaired) electrons. The van der Waals surface area contributed by atoms with Crippen LogP contribution in [0.5, 0.6) is 0 Å². The Kier molecular flexibility index (Phi) is 9.99. The Hall–Kier alpha value is -2.07. The Labute approximate surface area is 203 Å². The lowest BCUT2D eigenvalue weighted by Crippen LogP contribution is -2.46. The number of ketones is 1. The number of aromatic nitrogens is 1. The van der Waals surface area contributed by atoms with Crippen molar-refractivity contribution >= 4 is 29.4 Å². The molecule has 1 aliphatic rings. The second-order valence-electron chi connectivity index (χ2n) is 9.26. The van der Waals surface area contributed by atoms with Gasteiger partial charge in [0.1, 0.15) is 23.6 Å². The van der Waals surface area contributed by atoms with Gasteiger partial charge in [-0.15, -0.1) is 0 Å². The van der Waals surface area contributed by atoms with E-state index in [2.05, 4.69) is 4.98 Å². The topological polar surface area (TPSA) is 119 Å². The summed E-state index contributed by atoms with van der Waals surface area (Å²) >= 11 is 6.18. The van der Waals surface area contributed by atoms with Gasteiger partial charge in [0, 0.05) is 36.3 Å². The number of oxazole rings is 1. The summed E-state index contributed by atoms with van der Waals surface area (Å²) in [6, 6.07) is 0. The predicted octanol–water partition coefficient (Wildman–Crippen LogP) is 3.73. The minimum absolute atomic E-state index is 0.000366. The van der Waals surface area contributed by atoms with Gasteiger partial charge in [0.2, 0.25) is 0 Å². The van der Waals surface area contributed by atoms with E-state index in [1.165, 1.54) is 26.2 Å². The fourth-order valence-electron chi connectivity index (χ4n) is 3.65. The number of carbonyl (C=O) groups excluding carboxylic acids is 2. The van der Waals surface area contributed by atoms with E-state index in [9.17, 15) is 24.2 Å². The molecule has 10 heteroatoms. The third-order valence-corrected chi connectivity index (χ3v) is 6.28. The van der Waals surface area contributed by atoms with Gasteiger partial charge in [0.05, 0.1) is 37.3 Å². The highest BCUT2D eigenvalue weighted by Crippen LogP contribution is 2.31. The third kappa shape index (κ3) is 7.46. The van der Waals surface area contributed by atoms with E-state index in [1.54, 1.807) is 20.8 Å². The minimum Gasteiger partial charge on any atom is -0.455 e. The molecular formula is C24H33ClFNO7. The zero-order valence-corrected chi connectivity index (χ0v) is 20.8. The van der Waals surface area contributed by atoms with E-state index in [4.69, 9.17) is 25.5 Å². The molecule has 0 bridgehead atoms. The van der Waals surface area contributed by atoms with Gasteiger partial charge in [0.15, 0.2) is 12.0 Å².